The summed E-state index contributed by atoms with van der Waals surface area (Å²) in [4.78, 5) is 32.7. The lowest BCUT2D eigenvalue weighted by Gasteiger charge is -2.35. The lowest BCUT2D eigenvalue weighted by Crippen LogP contribution is -2.48. The van der Waals surface area contributed by atoms with Gasteiger partial charge in [0.2, 0.25) is 0 Å². The van der Waals surface area contributed by atoms with E-state index in [4.69, 9.17) is 4.42 Å². The molecule has 7 nitrogen and oxygen atoms in total. The fraction of sp³-hybridized carbons (Fsp3) is 0.190. The predicted molar refractivity (Wildman–Crippen MR) is 105 cm³/mol. The summed E-state index contributed by atoms with van der Waals surface area (Å²) in [6.07, 6.45) is 3.13. The summed E-state index contributed by atoms with van der Waals surface area (Å²) in [5.74, 6) is -0.495. The number of nitrogens with one attached hydrogen (secondary N) is 1. The Kier molecular flexibility index (Phi) is 5.24. The summed E-state index contributed by atoms with van der Waals surface area (Å²) >= 11 is 0. The smallest absolute Gasteiger partial charge is 0.289 e. The number of anilines is 2. The van der Waals surface area contributed by atoms with Gasteiger partial charge in [-0.1, -0.05) is 0 Å². The summed E-state index contributed by atoms with van der Waals surface area (Å²) in [5.41, 5.74) is 1.65. The lowest BCUT2D eigenvalue weighted by molar-refractivity contribution is 0.0714. The van der Waals surface area contributed by atoms with Gasteiger partial charge in [-0.05, 0) is 48.5 Å². The topological polar surface area (TPSA) is 78.7 Å². The van der Waals surface area contributed by atoms with Gasteiger partial charge in [-0.15, -0.1) is 0 Å². The van der Waals surface area contributed by atoms with Gasteiger partial charge in [0.15, 0.2) is 5.76 Å². The van der Waals surface area contributed by atoms with E-state index < -0.39 is 0 Å². The number of amides is 2. The van der Waals surface area contributed by atoms with E-state index in [9.17, 15) is 14.0 Å². The Morgan fingerprint density at radius 3 is 2.38 bits per heavy atom. The van der Waals surface area contributed by atoms with Crippen LogP contribution in [0.1, 0.15) is 21.0 Å². The second kappa shape index (κ2) is 8.14. The van der Waals surface area contributed by atoms with Gasteiger partial charge < -0.3 is 19.5 Å². The Balaban J connectivity index is 1.34. The Hall–Kier alpha value is -3.68. The molecule has 0 bridgehead atoms. The molecule has 3 heterocycles. The zero-order valence-corrected chi connectivity index (χ0v) is 15.5. The Labute approximate surface area is 166 Å². The average molecular weight is 394 g/mol. The molecular formula is C21H19FN4O3. The molecule has 148 valence electrons. The maximum atomic E-state index is 13.0. The zero-order chi connectivity index (χ0) is 20.2. The largest absolute Gasteiger partial charge is 0.459 e. The molecule has 1 N–H and O–H groups in total. The number of rotatable bonds is 4. The summed E-state index contributed by atoms with van der Waals surface area (Å²) < 4.78 is 18.1. The van der Waals surface area contributed by atoms with E-state index in [1.54, 1.807) is 29.3 Å². The van der Waals surface area contributed by atoms with E-state index in [0.717, 1.165) is 5.69 Å². The minimum atomic E-state index is -0.364. The van der Waals surface area contributed by atoms with Gasteiger partial charge in [0.1, 0.15) is 11.5 Å². The first kappa shape index (κ1) is 18.7. The predicted octanol–water partition coefficient (Wildman–Crippen LogP) is 3.03. The first-order chi connectivity index (χ1) is 14.1. The highest BCUT2D eigenvalue weighted by Crippen LogP contribution is 2.18. The monoisotopic (exact) mass is 394 g/mol. The third kappa shape index (κ3) is 4.26. The molecule has 0 atom stereocenters. The van der Waals surface area contributed by atoms with Gasteiger partial charge in [0.05, 0.1) is 18.1 Å². The Bertz CT molecular complexity index is 980. The molecule has 1 fully saturated rings. The number of carbonyl (C=O) groups is 2. The van der Waals surface area contributed by atoms with Gasteiger partial charge in [-0.2, -0.15) is 0 Å². The quantitative estimate of drug-likeness (QED) is 0.736. The van der Waals surface area contributed by atoms with E-state index >= 15 is 0 Å². The Morgan fingerprint density at radius 2 is 1.76 bits per heavy atom. The molecule has 2 aromatic heterocycles. The maximum absolute atomic E-state index is 13.0. The summed E-state index contributed by atoms with van der Waals surface area (Å²) in [6.45, 7) is 2.48. The normalized spacial score (nSPS) is 14.0. The number of aromatic nitrogens is 1. The standard InChI is InChI=1S/C21H19FN4O3/c22-15-3-5-16(6-4-15)24-20(27)18-8-7-17(14-23-18)25-9-11-26(12-10-25)21(28)19-2-1-13-29-19/h1-8,13-14H,9-12H2,(H,24,27). The van der Waals surface area contributed by atoms with Crippen LogP contribution in [0.3, 0.4) is 0 Å². The van der Waals surface area contributed by atoms with Crippen LogP contribution in [0.5, 0.6) is 0 Å². The van der Waals surface area contributed by atoms with Gasteiger partial charge in [0.25, 0.3) is 11.8 Å². The molecule has 0 unspecified atom stereocenters. The van der Waals surface area contributed by atoms with E-state index in [-0.39, 0.29) is 23.3 Å². The minimum absolute atomic E-state index is 0.111. The number of piperazine rings is 1. The summed E-state index contributed by atoms with van der Waals surface area (Å²) in [5, 5.41) is 2.68. The number of carbonyl (C=O) groups excluding carboxylic acids is 2. The van der Waals surface area contributed by atoms with Crippen molar-refractivity contribution in [3.8, 4) is 0 Å². The van der Waals surface area contributed by atoms with E-state index in [2.05, 4.69) is 15.2 Å². The molecule has 1 aliphatic rings. The van der Waals surface area contributed by atoms with Crippen molar-refractivity contribution in [1.29, 1.82) is 0 Å². The van der Waals surface area contributed by atoms with Crippen molar-refractivity contribution in [2.45, 2.75) is 0 Å². The van der Waals surface area contributed by atoms with Crippen molar-refractivity contribution in [2.75, 3.05) is 36.4 Å². The van der Waals surface area contributed by atoms with Crippen LogP contribution in [0, 0.1) is 5.82 Å². The number of benzene rings is 1. The first-order valence-electron chi connectivity index (χ1n) is 9.21. The van der Waals surface area contributed by atoms with Crippen LogP contribution in [0.25, 0.3) is 0 Å². The molecule has 0 saturated carbocycles. The number of hydrogen-bond donors (Lipinski definition) is 1. The SMILES string of the molecule is O=C(Nc1ccc(F)cc1)c1ccc(N2CCN(C(=O)c3ccco3)CC2)cn1. The van der Waals surface area contributed by atoms with Crippen LogP contribution >= 0.6 is 0 Å². The van der Waals surface area contributed by atoms with Crippen LogP contribution in [0.15, 0.2) is 65.4 Å². The maximum Gasteiger partial charge on any atom is 0.289 e. The minimum Gasteiger partial charge on any atom is -0.459 e. The van der Waals surface area contributed by atoms with Crippen molar-refractivity contribution in [3.63, 3.8) is 0 Å². The average Bonchev–Trinajstić information content (AvgIpc) is 3.30. The molecule has 4 rings (SSSR count). The molecule has 3 aromatic rings. The molecular weight excluding hydrogens is 375 g/mol. The van der Waals surface area contributed by atoms with Crippen LogP contribution < -0.4 is 10.2 Å². The van der Waals surface area contributed by atoms with Gasteiger partial charge in [0, 0.05) is 31.9 Å². The van der Waals surface area contributed by atoms with E-state index in [1.165, 1.54) is 30.5 Å². The van der Waals surface area contributed by atoms with Crippen molar-refractivity contribution >= 4 is 23.2 Å². The molecule has 1 saturated heterocycles. The second-order valence-corrected chi connectivity index (χ2v) is 6.62. The van der Waals surface area contributed by atoms with Crippen LogP contribution in [0.2, 0.25) is 0 Å². The number of nitrogens with zero attached hydrogens (tertiary/aromatic N) is 3. The number of hydrogen-bond acceptors (Lipinski definition) is 5. The molecule has 1 aromatic carbocycles. The van der Waals surface area contributed by atoms with Crippen molar-refractivity contribution < 1.29 is 18.4 Å². The van der Waals surface area contributed by atoms with Crippen molar-refractivity contribution in [2.24, 2.45) is 0 Å². The van der Waals surface area contributed by atoms with Crippen LogP contribution in [-0.4, -0.2) is 47.9 Å². The van der Waals surface area contributed by atoms with Crippen LogP contribution in [-0.2, 0) is 0 Å². The van der Waals surface area contributed by atoms with Crippen LogP contribution in [0.4, 0.5) is 15.8 Å². The number of pyridine rings is 1. The number of furan rings is 1. The van der Waals surface area contributed by atoms with Crippen molar-refractivity contribution in [3.05, 3.63) is 78.3 Å². The molecule has 2 amide bonds. The third-order valence-electron chi connectivity index (χ3n) is 4.75. The highest BCUT2D eigenvalue weighted by molar-refractivity contribution is 6.02. The summed E-state index contributed by atoms with van der Waals surface area (Å²) in [6, 6.07) is 12.4. The summed E-state index contributed by atoms with van der Waals surface area (Å²) in [7, 11) is 0. The Morgan fingerprint density at radius 1 is 1.00 bits per heavy atom. The zero-order valence-electron chi connectivity index (χ0n) is 15.5. The first-order valence-corrected chi connectivity index (χ1v) is 9.21. The van der Waals surface area contributed by atoms with E-state index in [0.29, 0.717) is 37.6 Å². The van der Waals surface area contributed by atoms with Gasteiger partial charge in [-0.3, -0.25) is 9.59 Å². The fourth-order valence-electron chi connectivity index (χ4n) is 3.16. The molecule has 0 aliphatic carbocycles. The second-order valence-electron chi connectivity index (χ2n) is 6.62. The highest BCUT2D eigenvalue weighted by Gasteiger charge is 2.24. The third-order valence-corrected chi connectivity index (χ3v) is 4.75. The molecule has 1 aliphatic heterocycles. The van der Waals surface area contributed by atoms with Gasteiger partial charge in [-0.25, -0.2) is 9.37 Å². The molecule has 0 spiro atoms. The highest BCUT2D eigenvalue weighted by atomic mass is 19.1. The fourth-order valence-corrected chi connectivity index (χ4v) is 3.16. The molecule has 29 heavy (non-hydrogen) atoms. The number of halogens is 1. The molecule has 0 radical (unpaired) electrons. The van der Waals surface area contributed by atoms with E-state index in [1.807, 2.05) is 6.07 Å². The lowest BCUT2D eigenvalue weighted by atomic mass is 10.2. The van der Waals surface area contributed by atoms with Crippen molar-refractivity contribution in [1.82, 2.24) is 9.88 Å². The molecule has 8 heteroatoms. The van der Waals surface area contributed by atoms with Gasteiger partial charge >= 0.3 is 0 Å².